The zero-order valence-electron chi connectivity index (χ0n) is 39.6. The molecule has 6 amide bonds. The van der Waals surface area contributed by atoms with Gasteiger partial charge in [-0.15, -0.1) is 0 Å². The number of carbonyl (C=O) groups excluding carboxylic acids is 5. The number of carbonyl (C=O) groups is 5. The second-order valence-corrected chi connectivity index (χ2v) is 19.8. The number of aliphatic hydroxyl groups excluding tert-OH is 1. The van der Waals surface area contributed by atoms with Crippen molar-refractivity contribution in [3.8, 4) is 0 Å². The molecule has 5 fully saturated rings. The molecule has 10 atom stereocenters. The number of benzene rings is 1. The predicted molar refractivity (Wildman–Crippen MR) is 248 cm³/mol. The van der Waals surface area contributed by atoms with Crippen molar-refractivity contribution in [1.82, 2.24) is 31.5 Å². The summed E-state index contributed by atoms with van der Waals surface area (Å²) in [6, 6.07) is 3.89. The Morgan fingerprint density at radius 2 is 1.41 bits per heavy atom. The van der Waals surface area contributed by atoms with Crippen molar-refractivity contribution in [3.05, 3.63) is 35.4 Å². The van der Waals surface area contributed by atoms with Crippen LogP contribution in [-0.4, -0.2) is 121 Å². The van der Waals surface area contributed by atoms with E-state index in [-0.39, 0.29) is 24.0 Å². The second-order valence-electron chi connectivity index (χ2n) is 19.8. The van der Waals surface area contributed by atoms with Crippen LogP contribution in [0.15, 0.2) is 24.3 Å². The first-order chi connectivity index (χ1) is 30.4. The smallest absolute Gasteiger partial charge is 0.404 e. The lowest BCUT2D eigenvalue weighted by atomic mass is 9.43. The molecule has 2 heterocycles. The highest BCUT2D eigenvalue weighted by atomic mass is 16.7. The fraction of sp³-hybridized carbons (Fsp3) is 0.766. The number of aliphatic hydroxyl groups is 1. The average Bonchev–Trinajstić information content (AvgIpc) is 3.64. The van der Waals surface area contributed by atoms with E-state index in [4.69, 9.17) is 20.8 Å². The summed E-state index contributed by atoms with van der Waals surface area (Å²) in [5, 5.41) is 24.6. The second kappa shape index (κ2) is 23.1. The normalized spacial score (nSPS) is 25.4. The van der Waals surface area contributed by atoms with Gasteiger partial charge in [-0.25, -0.2) is 4.79 Å². The lowest BCUT2D eigenvalue weighted by Crippen LogP contribution is -2.65. The lowest BCUT2D eigenvalue weighted by molar-refractivity contribution is -0.199. The van der Waals surface area contributed by atoms with Gasteiger partial charge in [-0.3, -0.25) is 19.2 Å². The van der Waals surface area contributed by atoms with Crippen LogP contribution < -0.4 is 38.1 Å². The molecule has 3 saturated carbocycles. The monoisotopic (exact) mass is 895 g/mol. The van der Waals surface area contributed by atoms with Gasteiger partial charge in [0.15, 0.2) is 0 Å². The first kappa shape index (κ1) is 51.2. The number of piperidine rings is 1. The van der Waals surface area contributed by atoms with Crippen LogP contribution in [0.3, 0.4) is 0 Å². The first-order valence-electron chi connectivity index (χ1n) is 24.2. The van der Waals surface area contributed by atoms with E-state index in [1.165, 1.54) is 25.0 Å². The Kier molecular flexibility index (Phi) is 18.5. The molecule has 0 spiro atoms. The highest BCUT2D eigenvalue weighted by molar-refractivity contribution is 6.47. The molecule has 2 bridgehead atoms. The molecule has 5 aliphatic rings. The van der Waals surface area contributed by atoms with Gasteiger partial charge >= 0.3 is 13.1 Å². The SMILES string of the molecule is CCCCc1ccc(C2CCN(C(=O)N[C@@H](CCCCN)C(=O)N[C@H](C(=O)N[C@@H](C)C(=O)N[C@@H](CCCCN)C(=O)N[C@@H](C)B3O[C@@H]4C[C@@H]5C[C@@H](C5(C)C)[C@]4(C)O3)[C@@H](C)O)CC2)cc1. The number of nitrogens with one attached hydrogen (secondary N) is 5. The van der Waals surface area contributed by atoms with Gasteiger partial charge in [0.05, 0.1) is 23.8 Å². The van der Waals surface area contributed by atoms with Crippen molar-refractivity contribution in [1.29, 1.82) is 0 Å². The third-order valence-corrected chi connectivity index (χ3v) is 14.8. The van der Waals surface area contributed by atoms with Gasteiger partial charge in [-0.1, -0.05) is 51.5 Å². The van der Waals surface area contributed by atoms with Crippen LogP contribution in [0, 0.1) is 17.3 Å². The van der Waals surface area contributed by atoms with E-state index in [1.54, 1.807) is 4.90 Å². The summed E-state index contributed by atoms with van der Waals surface area (Å²) in [5.41, 5.74) is 13.8. The Balaban J connectivity index is 1.14. The fourth-order valence-electron chi connectivity index (χ4n) is 10.3. The number of aryl methyl sites for hydroxylation is 1. The number of hydrogen-bond acceptors (Lipinski definition) is 10. The predicted octanol–water partition coefficient (Wildman–Crippen LogP) is 3.17. The quantitative estimate of drug-likeness (QED) is 0.0590. The molecule has 0 aromatic heterocycles. The van der Waals surface area contributed by atoms with Gasteiger partial charge in [-0.05, 0) is 152 Å². The summed E-state index contributed by atoms with van der Waals surface area (Å²) >= 11 is 0. The fourth-order valence-corrected chi connectivity index (χ4v) is 10.3. The van der Waals surface area contributed by atoms with Crippen molar-refractivity contribution in [2.45, 2.75) is 186 Å². The molecule has 6 rings (SSSR count). The van der Waals surface area contributed by atoms with E-state index in [1.807, 2.05) is 6.92 Å². The van der Waals surface area contributed by atoms with Crippen LogP contribution in [-0.2, 0) is 34.9 Å². The third kappa shape index (κ3) is 12.6. The Hall–Kier alpha value is -3.77. The maximum absolute atomic E-state index is 13.8. The van der Waals surface area contributed by atoms with E-state index in [0.717, 1.165) is 44.9 Å². The summed E-state index contributed by atoms with van der Waals surface area (Å²) < 4.78 is 12.9. The van der Waals surface area contributed by atoms with Crippen molar-refractivity contribution in [3.63, 3.8) is 0 Å². The molecule has 1 aromatic rings. The molecule has 0 unspecified atom stereocenters. The summed E-state index contributed by atoms with van der Waals surface area (Å²) in [4.78, 5) is 70.0. The van der Waals surface area contributed by atoms with Gasteiger partial charge in [0, 0.05) is 13.1 Å². The van der Waals surface area contributed by atoms with Gasteiger partial charge in [0.2, 0.25) is 23.6 Å². The zero-order chi connectivity index (χ0) is 46.8. The average molecular weight is 895 g/mol. The first-order valence-corrected chi connectivity index (χ1v) is 24.2. The lowest BCUT2D eigenvalue weighted by Gasteiger charge is -2.64. The van der Waals surface area contributed by atoms with E-state index in [2.05, 4.69) is 78.5 Å². The topological polar surface area (TPSA) is 239 Å². The number of unbranched alkanes of at least 4 members (excludes halogenated alkanes) is 3. The van der Waals surface area contributed by atoms with Crippen LogP contribution in [0.2, 0.25) is 0 Å². The Morgan fingerprint density at radius 1 is 0.797 bits per heavy atom. The number of likely N-dealkylation sites (tertiary alicyclic amines) is 1. The van der Waals surface area contributed by atoms with Crippen molar-refractivity contribution in [2.24, 2.45) is 28.7 Å². The minimum Gasteiger partial charge on any atom is -0.404 e. The molecule has 17 heteroatoms. The van der Waals surface area contributed by atoms with E-state index in [0.29, 0.717) is 76.0 Å². The highest BCUT2D eigenvalue weighted by Gasteiger charge is 2.68. The molecule has 64 heavy (non-hydrogen) atoms. The maximum Gasteiger partial charge on any atom is 0.481 e. The molecule has 2 saturated heterocycles. The summed E-state index contributed by atoms with van der Waals surface area (Å²) in [5.74, 6) is -1.71. The number of amides is 6. The van der Waals surface area contributed by atoms with Crippen LogP contribution in [0.5, 0.6) is 0 Å². The Morgan fingerprint density at radius 3 is 1.98 bits per heavy atom. The van der Waals surface area contributed by atoms with E-state index in [9.17, 15) is 29.1 Å². The van der Waals surface area contributed by atoms with E-state index < -0.39 is 72.6 Å². The number of hydrogen-bond donors (Lipinski definition) is 8. The molecule has 2 aliphatic heterocycles. The molecular formula is C47H79BN8O8. The standard InChI is InChI=1S/C47H79BN8O8/c1-8-9-14-32-17-19-33(20-18-32)34-21-25-56(26-22-34)45(62)54-37(16-11-13-24-50)43(60)55-40(30(3)57)44(61)51-29(2)41(58)53-36(15-10-12-23-49)42(59)52-31(4)48-63-39-28-35-27-38(46(35,5)6)47(39,7)64-48/h17-20,29-31,34-40,57H,8-16,21-28,49-50H2,1-7H3,(H,51,61)(H,52,59)(H,53,58)(H,54,62)(H,55,60)/t29-,30+,31-,35-,36-,37-,38-,39+,40-,47-/m0/s1. The van der Waals surface area contributed by atoms with Crippen molar-refractivity contribution < 1.29 is 38.4 Å². The van der Waals surface area contributed by atoms with Gasteiger partial charge in [0.25, 0.3) is 0 Å². The number of nitrogens with two attached hydrogens (primary N) is 2. The summed E-state index contributed by atoms with van der Waals surface area (Å²) in [7, 11) is -0.643. The van der Waals surface area contributed by atoms with Crippen LogP contribution in [0.4, 0.5) is 4.79 Å². The minimum absolute atomic E-state index is 0.0494. The number of nitrogens with zero attached hydrogens (tertiary/aromatic N) is 1. The largest absolute Gasteiger partial charge is 0.481 e. The molecule has 0 radical (unpaired) electrons. The third-order valence-electron chi connectivity index (χ3n) is 14.8. The van der Waals surface area contributed by atoms with Crippen LogP contribution >= 0.6 is 0 Å². The van der Waals surface area contributed by atoms with Crippen molar-refractivity contribution >= 4 is 36.8 Å². The van der Waals surface area contributed by atoms with Gasteiger partial charge in [0.1, 0.15) is 24.2 Å². The van der Waals surface area contributed by atoms with Crippen LogP contribution in [0.1, 0.15) is 143 Å². The molecule has 16 nitrogen and oxygen atoms in total. The molecule has 358 valence electrons. The van der Waals surface area contributed by atoms with Crippen LogP contribution in [0.25, 0.3) is 0 Å². The molecule has 10 N–H and O–H groups in total. The summed E-state index contributed by atoms with van der Waals surface area (Å²) in [6.07, 6.45) is 8.57. The minimum atomic E-state index is -1.45. The highest BCUT2D eigenvalue weighted by Crippen LogP contribution is 2.65. The molecule has 3 aliphatic carbocycles. The summed E-state index contributed by atoms with van der Waals surface area (Å²) in [6.45, 7) is 15.4. The molecule has 1 aromatic carbocycles. The van der Waals surface area contributed by atoms with Crippen molar-refractivity contribution in [2.75, 3.05) is 26.2 Å². The van der Waals surface area contributed by atoms with Gasteiger partial charge < -0.3 is 57.4 Å². The van der Waals surface area contributed by atoms with Gasteiger partial charge in [-0.2, -0.15) is 0 Å². The molecular weight excluding hydrogens is 815 g/mol. The number of rotatable bonds is 23. The Labute approximate surface area is 381 Å². The maximum atomic E-state index is 13.8. The zero-order valence-corrected chi connectivity index (χ0v) is 39.6. The number of urea groups is 1. The Bertz CT molecular complexity index is 1730. The van der Waals surface area contributed by atoms with E-state index >= 15 is 0 Å².